The van der Waals surface area contributed by atoms with E-state index >= 15 is 0 Å². The predicted octanol–water partition coefficient (Wildman–Crippen LogP) is 3.29. The molecule has 0 radical (unpaired) electrons. The number of aromatic hydroxyl groups is 1. The Morgan fingerprint density at radius 1 is 1.17 bits per heavy atom. The number of hydrogen-bond acceptors (Lipinski definition) is 5. The molecule has 6 aliphatic rings. The minimum atomic E-state index is -0.910. The Bertz CT molecular complexity index is 936. The van der Waals surface area contributed by atoms with Crippen LogP contribution >= 0.6 is 0 Å². The van der Waals surface area contributed by atoms with Crippen molar-refractivity contribution < 1.29 is 19.7 Å². The van der Waals surface area contributed by atoms with Crippen LogP contribution in [0.25, 0.3) is 0 Å². The normalized spacial score (nSPS) is 44.9. The molecule has 7 atom stereocenters. The molecule has 0 unspecified atom stereocenters. The van der Waals surface area contributed by atoms with Crippen molar-refractivity contribution in [3.63, 3.8) is 0 Å². The Balaban J connectivity index is 1.65. The van der Waals surface area contributed by atoms with E-state index in [1.807, 2.05) is 6.92 Å². The zero-order valence-corrected chi connectivity index (χ0v) is 18.8. The summed E-state index contributed by atoms with van der Waals surface area (Å²) in [6.07, 6.45) is 4.66. The number of benzene rings is 1. The summed E-state index contributed by atoms with van der Waals surface area (Å²) in [7, 11) is 1.80. The fourth-order valence-corrected chi connectivity index (χ4v) is 8.53. The molecule has 3 saturated carbocycles. The number of phenols is 1. The van der Waals surface area contributed by atoms with Crippen LogP contribution in [0.2, 0.25) is 0 Å². The van der Waals surface area contributed by atoms with E-state index in [4.69, 9.17) is 9.47 Å². The van der Waals surface area contributed by atoms with E-state index in [9.17, 15) is 10.2 Å². The molecule has 7 rings (SSSR count). The molecule has 3 N–H and O–H groups in total. The number of methoxy groups -OCH3 is 1. The molecule has 2 aliphatic heterocycles. The zero-order chi connectivity index (χ0) is 21.3. The van der Waals surface area contributed by atoms with E-state index in [1.54, 1.807) is 13.2 Å². The number of ether oxygens (including phenoxy) is 2. The molecule has 4 fully saturated rings. The van der Waals surface area contributed by atoms with Crippen molar-refractivity contribution in [1.82, 2.24) is 5.32 Å². The molecule has 5 heteroatoms. The fraction of sp³-hybridized carbons (Fsp3) is 0.760. The topological polar surface area (TPSA) is 71.0 Å². The first-order valence-electron chi connectivity index (χ1n) is 11.6. The summed E-state index contributed by atoms with van der Waals surface area (Å²) in [6, 6.07) is 4.26. The lowest BCUT2D eigenvalue weighted by Crippen LogP contribution is -2.83. The van der Waals surface area contributed by atoms with Crippen molar-refractivity contribution in [2.45, 2.75) is 88.6 Å². The first-order valence-corrected chi connectivity index (χ1v) is 11.6. The van der Waals surface area contributed by atoms with E-state index in [0.717, 1.165) is 38.6 Å². The van der Waals surface area contributed by atoms with Gasteiger partial charge < -0.3 is 25.0 Å². The molecule has 0 amide bonds. The Morgan fingerprint density at radius 2 is 1.93 bits per heavy atom. The molecule has 0 aromatic heterocycles. The summed E-state index contributed by atoms with van der Waals surface area (Å²) in [5.41, 5.74) is 0.658. The summed E-state index contributed by atoms with van der Waals surface area (Å²) < 4.78 is 13.2. The molecule has 4 aliphatic carbocycles. The van der Waals surface area contributed by atoms with Crippen LogP contribution in [0.4, 0.5) is 0 Å². The molecule has 4 bridgehead atoms. The second kappa shape index (κ2) is 5.36. The number of phenolic OH excluding ortho intramolecular Hbond substituents is 1. The summed E-state index contributed by atoms with van der Waals surface area (Å²) in [5.74, 6) is 0.887. The number of fused-ring (bicyclic) bond motifs is 2. The molecule has 1 aromatic carbocycles. The Kier molecular flexibility index (Phi) is 3.46. The van der Waals surface area contributed by atoms with Crippen LogP contribution in [-0.2, 0) is 16.6 Å². The zero-order valence-electron chi connectivity index (χ0n) is 18.8. The van der Waals surface area contributed by atoms with Crippen molar-refractivity contribution in [3.05, 3.63) is 23.3 Å². The third-order valence-corrected chi connectivity index (χ3v) is 10.4. The Morgan fingerprint density at radius 3 is 2.63 bits per heavy atom. The van der Waals surface area contributed by atoms with Gasteiger partial charge in [0.25, 0.3) is 0 Å². The van der Waals surface area contributed by atoms with E-state index in [0.29, 0.717) is 11.8 Å². The molecule has 1 aromatic rings. The van der Waals surface area contributed by atoms with E-state index < -0.39 is 11.2 Å². The first kappa shape index (κ1) is 19.4. The second-order valence-corrected chi connectivity index (χ2v) is 11.8. The third-order valence-electron chi connectivity index (χ3n) is 10.4. The minimum Gasteiger partial charge on any atom is -0.504 e. The van der Waals surface area contributed by atoms with Gasteiger partial charge in [-0.1, -0.05) is 26.8 Å². The van der Waals surface area contributed by atoms with Crippen LogP contribution < -0.4 is 10.1 Å². The lowest BCUT2D eigenvalue weighted by Gasteiger charge is -2.74. The maximum atomic E-state index is 12.0. The van der Waals surface area contributed by atoms with Gasteiger partial charge in [0.15, 0.2) is 11.5 Å². The summed E-state index contributed by atoms with van der Waals surface area (Å²) >= 11 is 0. The molecule has 164 valence electrons. The maximum Gasteiger partial charge on any atom is 0.165 e. The smallest absolute Gasteiger partial charge is 0.165 e. The van der Waals surface area contributed by atoms with Crippen molar-refractivity contribution >= 4 is 0 Å². The van der Waals surface area contributed by atoms with Crippen LogP contribution in [0.5, 0.6) is 11.5 Å². The Labute approximate surface area is 179 Å². The monoisotopic (exact) mass is 413 g/mol. The Hall–Kier alpha value is -1.30. The summed E-state index contributed by atoms with van der Waals surface area (Å²) in [4.78, 5) is 0. The number of piperidine rings is 1. The second-order valence-electron chi connectivity index (χ2n) is 11.8. The van der Waals surface area contributed by atoms with Gasteiger partial charge in [-0.05, 0) is 62.6 Å². The van der Waals surface area contributed by atoms with E-state index in [-0.39, 0.29) is 34.0 Å². The van der Waals surface area contributed by atoms with Gasteiger partial charge in [0, 0.05) is 35.5 Å². The highest BCUT2D eigenvalue weighted by molar-refractivity contribution is 5.63. The summed E-state index contributed by atoms with van der Waals surface area (Å²) in [6.45, 7) is 9.33. The van der Waals surface area contributed by atoms with Crippen LogP contribution in [0.15, 0.2) is 12.1 Å². The molecule has 5 nitrogen and oxygen atoms in total. The van der Waals surface area contributed by atoms with E-state index in [1.165, 1.54) is 11.1 Å². The average Bonchev–Trinajstić information content (AvgIpc) is 3.05. The number of aliphatic hydroxyl groups is 1. The number of nitrogens with one attached hydrogen (secondary N) is 1. The van der Waals surface area contributed by atoms with Crippen molar-refractivity contribution in [1.29, 1.82) is 0 Å². The highest BCUT2D eigenvalue weighted by Crippen LogP contribution is 2.77. The van der Waals surface area contributed by atoms with E-state index in [2.05, 4.69) is 32.2 Å². The molecular formula is C25H35NO4. The molecule has 1 saturated heterocycles. The van der Waals surface area contributed by atoms with Crippen LogP contribution in [0.3, 0.4) is 0 Å². The van der Waals surface area contributed by atoms with Gasteiger partial charge in [0.05, 0.1) is 5.60 Å². The van der Waals surface area contributed by atoms with Crippen molar-refractivity contribution in [3.8, 4) is 11.5 Å². The van der Waals surface area contributed by atoms with Gasteiger partial charge in [0.2, 0.25) is 0 Å². The number of rotatable bonds is 2. The standard InChI is InChI=1S/C25H35NO4/c1-21(2,3)22(4,28)16-13-23-8-9-25(16,29-5)20-24(23)10-11-26-17(23)12-14-6-7-15(27)19(30-20)18(14)24/h6-7,16-17,20,26-28H,8-13H2,1-5H3/t16-,17-,20-,22-,23-,24+,25-/m1/s1. The largest absolute Gasteiger partial charge is 0.504 e. The average molecular weight is 414 g/mol. The van der Waals surface area contributed by atoms with Gasteiger partial charge in [-0.3, -0.25) is 0 Å². The minimum absolute atomic E-state index is 0.0160. The van der Waals surface area contributed by atoms with Crippen LogP contribution in [0.1, 0.15) is 64.5 Å². The van der Waals surface area contributed by atoms with Gasteiger partial charge in [-0.25, -0.2) is 0 Å². The fourth-order valence-electron chi connectivity index (χ4n) is 8.53. The highest BCUT2D eigenvalue weighted by Gasteiger charge is 2.81. The molecule has 2 heterocycles. The van der Waals surface area contributed by atoms with Gasteiger partial charge in [-0.2, -0.15) is 0 Å². The third kappa shape index (κ3) is 1.77. The quantitative estimate of drug-likeness (QED) is 0.694. The van der Waals surface area contributed by atoms with Gasteiger partial charge in [0.1, 0.15) is 11.7 Å². The lowest BCUT2D eigenvalue weighted by molar-refractivity contribution is -0.303. The SMILES string of the molecule is CO[C@]12CC[C@@]3(C[C@@H]1[C@@](C)(O)C(C)(C)C)[C@H]1Cc4ccc(O)c5c4[C@@]3(CCN1)[C@H]2O5. The number of hydrogen-bond donors (Lipinski definition) is 3. The van der Waals surface area contributed by atoms with Crippen molar-refractivity contribution in [2.24, 2.45) is 16.7 Å². The predicted molar refractivity (Wildman–Crippen MR) is 114 cm³/mol. The van der Waals surface area contributed by atoms with Gasteiger partial charge >= 0.3 is 0 Å². The lowest BCUT2D eigenvalue weighted by atomic mass is 9.33. The molecular weight excluding hydrogens is 378 g/mol. The van der Waals surface area contributed by atoms with Crippen LogP contribution in [0, 0.1) is 16.7 Å². The highest BCUT2D eigenvalue weighted by atomic mass is 16.6. The summed E-state index contributed by atoms with van der Waals surface area (Å²) in [5, 5.41) is 26.6. The molecule has 2 spiro atoms. The van der Waals surface area contributed by atoms with Gasteiger partial charge in [-0.15, -0.1) is 0 Å². The van der Waals surface area contributed by atoms with Crippen molar-refractivity contribution in [2.75, 3.05) is 13.7 Å². The van der Waals surface area contributed by atoms with Crippen LogP contribution in [-0.4, -0.2) is 47.2 Å². The molecule has 30 heavy (non-hydrogen) atoms. The first-order chi connectivity index (χ1) is 14.1. The maximum absolute atomic E-state index is 12.0.